The molecule has 13 heteroatoms. The van der Waals surface area contributed by atoms with Gasteiger partial charge in [-0.1, -0.05) is 0 Å². The molecule has 0 spiro atoms. The molecular formula is C17H13N7O6. The largest absolute Gasteiger partial charge is 0.454 e. The molecule has 0 amide bonds. The van der Waals surface area contributed by atoms with E-state index in [1.807, 2.05) is 0 Å². The van der Waals surface area contributed by atoms with Crippen molar-refractivity contribution in [2.45, 2.75) is 0 Å². The lowest BCUT2D eigenvalue weighted by atomic mass is 10.2. The van der Waals surface area contributed by atoms with Crippen LogP contribution in [-0.2, 0) is 0 Å². The van der Waals surface area contributed by atoms with Crippen LogP contribution in [0.4, 0.5) is 34.4 Å². The fraction of sp³-hybridized carbons (Fsp3) is 0.0588. The molecule has 3 N–H and O–H groups in total. The first kappa shape index (κ1) is 18.7. The highest BCUT2D eigenvalue weighted by atomic mass is 16.7. The van der Waals surface area contributed by atoms with E-state index in [0.29, 0.717) is 22.9 Å². The molecular weight excluding hydrogens is 398 g/mol. The first-order valence-corrected chi connectivity index (χ1v) is 8.44. The second kappa shape index (κ2) is 7.75. The summed E-state index contributed by atoms with van der Waals surface area (Å²) in [5.74, 6) is 0.945. The number of fused-ring (bicyclic) bond motifs is 1. The van der Waals surface area contributed by atoms with Crippen molar-refractivity contribution in [3.8, 4) is 11.5 Å². The minimum Gasteiger partial charge on any atom is -0.454 e. The Morgan fingerprint density at radius 2 is 1.53 bits per heavy atom. The summed E-state index contributed by atoms with van der Waals surface area (Å²) in [6.07, 6.45) is 1.15. The number of ether oxygens (including phenoxy) is 2. The first-order valence-electron chi connectivity index (χ1n) is 8.44. The van der Waals surface area contributed by atoms with E-state index in [1.165, 1.54) is 24.3 Å². The topological polar surface area (TPSA) is 167 Å². The number of hydrazine groups is 1. The van der Waals surface area contributed by atoms with Crippen LogP contribution >= 0.6 is 0 Å². The highest BCUT2D eigenvalue weighted by molar-refractivity contribution is 5.75. The number of hydrogen-bond donors (Lipinski definition) is 3. The highest BCUT2D eigenvalue weighted by Crippen LogP contribution is 2.37. The Morgan fingerprint density at radius 1 is 0.833 bits per heavy atom. The van der Waals surface area contributed by atoms with E-state index in [-0.39, 0.29) is 24.1 Å². The van der Waals surface area contributed by atoms with E-state index in [2.05, 4.69) is 26.1 Å². The van der Waals surface area contributed by atoms with Crippen molar-refractivity contribution in [1.29, 1.82) is 0 Å². The van der Waals surface area contributed by atoms with E-state index >= 15 is 0 Å². The maximum atomic E-state index is 11.6. The number of nitro groups is 2. The van der Waals surface area contributed by atoms with Crippen LogP contribution in [0.1, 0.15) is 0 Å². The maximum Gasteiger partial charge on any atom is 0.355 e. The molecule has 0 aliphatic carbocycles. The third-order valence-electron chi connectivity index (χ3n) is 4.04. The first-order chi connectivity index (χ1) is 14.5. The van der Waals surface area contributed by atoms with Crippen molar-refractivity contribution in [3.63, 3.8) is 0 Å². The van der Waals surface area contributed by atoms with Crippen molar-refractivity contribution < 1.29 is 19.3 Å². The van der Waals surface area contributed by atoms with E-state index in [1.54, 1.807) is 18.2 Å². The van der Waals surface area contributed by atoms with Gasteiger partial charge in [-0.25, -0.2) is 9.97 Å². The van der Waals surface area contributed by atoms with Crippen molar-refractivity contribution >= 4 is 34.4 Å². The van der Waals surface area contributed by atoms with E-state index in [9.17, 15) is 20.2 Å². The molecule has 13 nitrogen and oxygen atoms in total. The molecule has 0 atom stereocenters. The normalized spacial score (nSPS) is 11.6. The minimum atomic E-state index is -0.630. The van der Waals surface area contributed by atoms with Gasteiger partial charge in [-0.2, -0.15) is 0 Å². The summed E-state index contributed by atoms with van der Waals surface area (Å²) >= 11 is 0. The zero-order valence-electron chi connectivity index (χ0n) is 15.1. The average molecular weight is 411 g/mol. The Labute approximate surface area is 167 Å². The number of rotatable bonds is 7. The number of benzene rings is 2. The standard InChI is InChI=1S/C17H13N7O6/c25-23(26)12-4-1-10(2-5-12)21-22-17-15(24(27)28)16(18-8-19-17)20-11-3-6-13-14(7-11)30-9-29-13/h1-8,21H,9H2,(H2,18,19,20,22). The van der Waals surface area contributed by atoms with Crippen LogP contribution in [0.5, 0.6) is 11.5 Å². The summed E-state index contributed by atoms with van der Waals surface area (Å²) in [4.78, 5) is 29.1. The Morgan fingerprint density at radius 3 is 2.27 bits per heavy atom. The Hall–Kier alpha value is -4.68. The summed E-state index contributed by atoms with van der Waals surface area (Å²) < 4.78 is 10.5. The molecule has 0 fully saturated rings. The second-order valence-corrected chi connectivity index (χ2v) is 5.92. The number of nitrogens with zero attached hydrogens (tertiary/aromatic N) is 4. The van der Waals surface area contributed by atoms with Gasteiger partial charge in [0.2, 0.25) is 18.4 Å². The van der Waals surface area contributed by atoms with Crippen LogP contribution in [0.2, 0.25) is 0 Å². The number of non-ortho nitro benzene ring substituents is 1. The van der Waals surface area contributed by atoms with Gasteiger partial charge < -0.3 is 14.8 Å². The fourth-order valence-electron chi connectivity index (χ4n) is 2.64. The van der Waals surface area contributed by atoms with Crippen LogP contribution in [0, 0.1) is 20.2 Å². The zero-order valence-corrected chi connectivity index (χ0v) is 15.1. The molecule has 2 heterocycles. The number of aromatic nitrogens is 2. The van der Waals surface area contributed by atoms with Crippen LogP contribution in [0.25, 0.3) is 0 Å². The van der Waals surface area contributed by atoms with Gasteiger partial charge in [0, 0.05) is 23.9 Å². The van der Waals surface area contributed by atoms with Gasteiger partial charge in [0.05, 0.1) is 15.5 Å². The van der Waals surface area contributed by atoms with Gasteiger partial charge in [-0.15, -0.1) is 0 Å². The number of nitro benzene ring substituents is 1. The molecule has 0 saturated carbocycles. The quantitative estimate of drug-likeness (QED) is 0.386. The van der Waals surface area contributed by atoms with Gasteiger partial charge in [-0.3, -0.25) is 31.1 Å². The number of anilines is 4. The maximum absolute atomic E-state index is 11.6. The summed E-state index contributed by atoms with van der Waals surface area (Å²) in [7, 11) is 0. The summed E-state index contributed by atoms with van der Waals surface area (Å²) in [6, 6.07) is 10.5. The molecule has 0 radical (unpaired) electrons. The van der Waals surface area contributed by atoms with Gasteiger partial charge in [0.25, 0.3) is 5.69 Å². The third-order valence-corrected chi connectivity index (χ3v) is 4.04. The summed E-state index contributed by atoms with van der Waals surface area (Å²) in [6.45, 7) is 0.106. The van der Waals surface area contributed by atoms with Crippen LogP contribution in [0.15, 0.2) is 48.8 Å². The molecule has 1 aromatic heterocycles. The molecule has 30 heavy (non-hydrogen) atoms. The van der Waals surface area contributed by atoms with E-state index in [4.69, 9.17) is 9.47 Å². The van der Waals surface area contributed by atoms with Crippen LogP contribution in [0.3, 0.4) is 0 Å². The molecule has 2 aromatic carbocycles. The summed E-state index contributed by atoms with van der Waals surface area (Å²) in [5.41, 5.74) is 5.82. The van der Waals surface area contributed by atoms with Gasteiger partial charge in [0.15, 0.2) is 11.5 Å². The Bertz CT molecular complexity index is 1120. The van der Waals surface area contributed by atoms with Crippen molar-refractivity contribution in [2.24, 2.45) is 0 Å². The molecule has 0 unspecified atom stereocenters. The molecule has 0 saturated heterocycles. The van der Waals surface area contributed by atoms with Gasteiger partial charge in [0.1, 0.15) is 6.33 Å². The fourth-order valence-corrected chi connectivity index (χ4v) is 2.64. The van der Waals surface area contributed by atoms with Crippen molar-refractivity contribution in [3.05, 3.63) is 69.0 Å². The lowest BCUT2D eigenvalue weighted by Gasteiger charge is -2.11. The van der Waals surface area contributed by atoms with Crippen LogP contribution < -0.4 is 25.6 Å². The summed E-state index contributed by atoms with van der Waals surface area (Å²) in [5, 5.41) is 25.2. The molecule has 1 aliphatic rings. The predicted molar refractivity (Wildman–Crippen MR) is 105 cm³/mol. The molecule has 0 bridgehead atoms. The number of nitrogens with one attached hydrogen (secondary N) is 3. The predicted octanol–water partition coefficient (Wildman–Crippen LogP) is 3.20. The Kier molecular flexibility index (Phi) is 4.82. The lowest BCUT2D eigenvalue weighted by molar-refractivity contribution is -0.384. The lowest BCUT2D eigenvalue weighted by Crippen LogP contribution is -2.13. The monoisotopic (exact) mass is 411 g/mol. The van der Waals surface area contributed by atoms with E-state index < -0.39 is 15.5 Å². The Balaban J connectivity index is 1.55. The third kappa shape index (κ3) is 3.80. The van der Waals surface area contributed by atoms with E-state index in [0.717, 1.165) is 6.33 Å². The minimum absolute atomic E-state index is 0.0399. The molecule has 3 aromatic rings. The van der Waals surface area contributed by atoms with Gasteiger partial charge in [-0.05, 0) is 24.3 Å². The number of hydrogen-bond acceptors (Lipinski definition) is 11. The molecule has 4 rings (SSSR count). The molecule has 1 aliphatic heterocycles. The zero-order chi connectivity index (χ0) is 21.1. The van der Waals surface area contributed by atoms with Crippen LogP contribution in [-0.4, -0.2) is 26.6 Å². The SMILES string of the molecule is O=[N+]([O-])c1ccc(NNc2ncnc(Nc3ccc4c(c3)OCO4)c2[N+](=O)[O-])cc1. The smallest absolute Gasteiger partial charge is 0.355 e. The highest BCUT2D eigenvalue weighted by Gasteiger charge is 2.24. The molecule has 152 valence electrons. The van der Waals surface area contributed by atoms with Crippen molar-refractivity contribution in [2.75, 3.05) is 23.0 Å². The van der Waals surface area contributed by atoms with Crippen molar-refractivity contribution in [1.82, 2.24) is 9.97 Å². The second-order valence-electron chi connectivity index (χ2n) is 5.92. The average Bonchev–Trinajstić information content (AvgIpc) is 3.20. The van der Waals surface area contributed by atoms with Gasteiger partial charge >= 0.3 is 5.69 Å².